The van der Waals surface area contributed by atoms with E-state index in [1.165, 1.54) is 0 Å². The van der Waals surface area contributed by atoms with E-state index in [-0.39, 0.29) is 0 Å². The number of hydrogen-bond acceptors (Lipinski definition) is 7. The fourth-order valence-electron chi connectivity index (χ4n) is 11.0. The molecule has 0 radical (unpaired) electrons. The molecular weight excluding hydrogens is 1000 g/mol. The van der Waals surface area contributed by atoms with Crippen molar-refractivity contribution in [3.63, 3.8) is 0 Å². The Labute approximate surface area is 475 Å². The predicted molar refractivity (Wildman–Crippen MR) is 332 cm³/mol. The molecular formula is C74H48N8. The van der Waals surface area contributed by atoms with Gasteiger partial charge in [0.25, 0.3) is 0 Å². The van der Waals surface area contributed by atoms with Gasteiger partial charge in [-0.2, -0.15) is 15.8 Å². The molecule has 0 N–H and O–H groups in total. The van der Waals surface area contributed by atoms with E-state index < -0.39 is 0 Å². The van der Waals surface area contributed by atoms with Gasteiger partial charge in [-0.3, -0.25) is 0 Å². The van der Waals surface area contributed by atoms with Crippen molar-refractivity contribution in [3.05, 3.63) is 295 Å². The SMILES string of the molecule is Cc1cc(-c2ccc(-c3ccc(-c4cc(-c5ccc(C#N)cc5)nc(-c5ccc(C#N)cc5)n4)cc3)cc2)c(C#N)cc1-n1c2ccc(N(c3ccccc3)c3ccccc3)cc2c2cc(N(c3ccccc3)c3ccccc3)ccc21. The Bertz CT molecular complexity index is 4320. The average Bonchev–Trinajstić information content (AvgIpc) is 3.89. The maximum absolute atomic E-state index is 11.0. The summed E-state index contributed by atoms with van der Waals surface area (Å²) in [6, 6.07) is 99.8. The lowest BCUT2D eigenvalue weighted by molar-refractivity contribution is 1.14. The molecule has 0 spiro atoms. The van der Waals surface area contributed by atoms with Crippen LogP contribution in [0, 0.1) is 40.9 Å². The highest BCUT2D eigenvalue weighted by molar-refractivity contribution is 6.12. The van der Waals surface area contributed by atoms with E-state index >= 15 is 0 Å². The van der Waals surface area contributed by atoms with Crippen LogP contribution >= 0.6 is 0 Å². The van der Waals surface area contributed by atoms with E-state index in [0.717, 1.165) is 118 Å². The van der Waals surface area contributed by atoms with E-state index in [1.807, 2.05) is 60.7 Å². The Hall–Kier alpha value is -11.6. The van der Waals surface area contributed by atoms with Gasteiger partial charge in [0.05, 0.1) is 63.0 Å². The van der Waals surface area contributed by atoms with Crippen molar-refractivity contribution in [1.82, 2.24) is 14.5 Å². The molecule has 0 aliphatic heterocycles. The number of benzene rings is 11. The number of hydrogen-bond donors (Lipinski definition) is 0. The summed E-state index contributed by atoms with van der Waals surface area (Å²) in [5.41, 5.74) is 19.9. The normalized spacial score (nSPS) is 11.0. The number of anilines is 6. The zero-order valence-corrected chi connectivity index (χ0v) is 44.6. The first kappa shape index (κ1) is 49.9. The molecule has 0 fully saturated rings. The van der Waals surface area contributed by atoms with Crippen LogP contribution in [0.1, 0.15) is 22.3 Å². The Balaban J connectivity index is 0.871. The molecule has 8 nitrogen and oxygen atoms in total. The predicted octanol–water partition coefficient (Wildman–Crippen LogP) is 18.8. The van der Waals surface area contributed by atoms with Gasteiger partial charge in [0.1, 0.15) is 0 Å². The van der Waals surface area contributed by atoms with Gasteiger partial charge in [-0.05, 0) is 174 Å². The lowest BCUT2D eigenvalue weighted by Crippen LogP contribution is -2.09. The van der Waals surface area contributed by atoms with E-state index in [2.05, 4.69) is 228 Å². The number of nitriles is 3. The molecule has 13 aromatic rings. The molecule has 8 heteroatoms. The summed E-state index contributed by atoms with van der Waals surface area (Å²) in [6.45, 7) is 2.13. The maximum atomic E-state index is 11.0. The summed E-state index contributed by atoms with van der Waals surface area (Å²) in [5.74, 6) is 0.531. The third-order valence-electron chi connectivity index (χ3n) is 15.0. The number of nitrogens with zero attached hydrogens (tertiary/aromatic N) is 8. The van der Waals surface area contributed by atoms with Crippen molar-refractivity contribution in [2.45, 2.75) is 6.92 Å². The smallest absolute Gasteiger partial charge is 0.160 e. The average molecular weight is 1050 g/mol. The topological polar surface area (TPSA) is 109 Å². The summed E-state index contributed by atoms with van der Waals surface area (Å²) in [7, 11) is 0. The van der Waals surface area contributed by atoms with Gasteiger partial charge >= 0.3 is 0 Å². The fourth-order valence-corrected chi connectivity index (χ4v) is 11.0. The molecule has 11 aromatic carbocycles. The van der Waals surface area contributed by atoms with E-state index in [9.17, 15) is 15.8 Å². The third-order valence-corrected chi connectivity index (χ3v) is 15.0. The highest BCUT2D eigenvalue weighted by Gasteiger charge is 2.22. The lowest BCUT2D eigenvalue weighted by atomic mass is 9.94. The highest BCUT2D eigenvalue weighted by Crippen LogP contribution is 2.44. The fraction of sp³-hybridized carbons (Fsp3) is 0.0135. The molecule has 0 aliphatic rings. The number of fused-ring (bicyclic) bond motifs is 3. The summed E-state index contributed by atoms with van der Waals surface area (Å²) in [5, 5.41) is 32.0. The first-order chi connectivity index (χ1) is 40.4. The Morgan fingerprint density at radius 1 is 0.341 bits per heavy atom. The highest BCUT2D eigenvalue weighted by atomic mass is 15.1. The Kier molecular flexibility index (Phi) is 13.2. The quantitative estimate of drug-likeness (QED) is 0.120. The summed E-state index contributed by atoms with van der Waals surface area (Å²) >= 11 is 0. The molecule has 2 aromatic heterocycles. The molecule has 0 saturated carbocycles. The molecule has 82 heavy (non-hydrogen) atoms. The monoisotopic (exact) mass is 1050 g/mol. The maximum Gasteiger partial charge on any atom is 0.160 e. The molecule has 0 aliphatic carbocycles. The molecule has 0 unspecified atom stereocenters. The molecule has 384 valence electrons. The molecule has 0 amide bonds. The minimum Gasteiger partial charge on any atom is -0.310 e. The lowest BCUT2D eigenvalue weighted by Gasteiger charge is -2.26. The Morgan fingerprint density at radius 3 is 1.12 bits per heavy atom. The van der Waals surface area contributed by atoms with Gasteiger partial charge in [-0.15, -0.1) is 0 Å². The van der Waals surface area contributed by atoms with Crippen LogP contribution in [0.3, 0.4) is 0 Å². The van der Waals surface area contributed by atoms with Gasteiger partial charge in [-0.1, -0.05) is 133 Å². The first-order valence-electron chi connectivity index (χ1n) is 27.0. The molecule has 0 bridgehead atoms. The van der Waals surface area contributed by atoms with Crippen molar-refractivity contribution in [2.24, 2.45) is 0 Å². The second kappa shape index (κ2) is 21.7. The van der Waals surface area contributed by atoms with Crippen LogP contribution in [0.25, 0.3) is 83.6 Å². The van der Waals surface area contributed by atoms with Gasteiger partial charge < -0.3 is 14.4 Å². The van der Waals surface area contributed by atoms with Crippen LogP contribution in [-0.2, 0) is 0 Å². The van der Waals surface area contributed by atoms with Crippen LogP contribution in [0.4, 0.5) is 34.1 Å². The number of para-hydroxylation sites is 4. The number of aromatic nitrogens is 3. The van der Waals surface area contributed by atoms with Crippen molar-refractivity contribution in [1.29, 1.82) is 15.8 Å². The van der Waals surface area contributed by atoms with Crippen molar-refractivity contribution in [3.8, 4) is 80.1 Å². The van der Waals surface area contributed by atoms with E-state index in [4.69, 9.17) is 9.97 Å². The van der Waals surface area contributed by atoms with Gasteiger partial charge in [0.2, 0.25) is 0 Å². The third kappa shape index (κ3) is 9.54. The minimum absolute atomic E-state index is 0.531. The van der Waals surface area contributed by atoms with Crippen LogP contribution in [0.2, 0.25) is 0 Å². The van der Waals surface area contributed by atoms with Crippen LogP contribution < -0.4 is 9.80 Å². The van der Waals surface area contributed by atoms with Gasteiger partial charge in [0, 0.05) is 61.6 Å². The summed E-state index contributed by atoms with van der Waals surface area (Å²) in [4.78, 5) is 14.5. The van der Waals surface area contributed by atoms with Crippen molar-refractivity contribution >= 4 is 55.9 Å². The zero-order valence-electron chi connectivity index (χ0n) is 44.6. The number of rotatable bonds is 12. The molecule has 0 saturated heterocycles. The van der Waals surface area contributed by atoms with E-state index in [1.54, 1.807) is 24.3 Å². The van der Waals surface area contributed by atoms with Crippen molar-refractivity contribution in [2.75, 3.05) is 9.80 Å². The van der Waals surface area contributed by atoms with Crippen molar-refractivity contribution < 1.29 is 0 Å². The second-order valence-corrected chi connectivity index (χ2v) is 20.0. The van der Waals surface area contributed by atoms with E-state index in [0.29, 0.717) is 22.5 Å². The largest absolute Gasteiger partial charge is 0.310 e. The zero-order chi connectivity index (χ0) is 55.5. The summed E-state index contributed by atoms with van der Waals surface area (Å²) in [6.07, 6.45) is 0. The number of aryl methyl sites for hydroxylation is 1. The van der Waals surface area contributed by atoms with Gasteiger partial charge in [0.15, 0.2) is 5.82 Å². The van der Waals surface area contributed by atoms with Crippen LogP contribution in [-0.4, -0.2) is 14.5 Å². The molecule has 2 heterocycles. The minimum atomic E-state index is 0.531. The van der Waals surface area contributed by atoms with Crippen LogP contribution in [0.15, 0.2) is 273 Å². The molecule has 0 atom stereocenters. The molecule has 13 rings (SSSR count). The first-order valence-corrected chi connectivity index (χ1v) is 27.0. The van der Waals surface area contributed by atoms with Crippen LogP contribution in [0.5, 0.6) is 0 Å². The standard InChI is InChI=1S/C74H48N8/c1-50-42-66(55-34-30-53(31-35-55)54-32-36-57(37-33-54)70-46-69(56-26-22-51(47-75)23-27-56)78-74(79-70)58-28-24-52(48-76)25-29-58)59(49-77)43-73(50)82-71-40-38-64(80(60-14-6-2-7-15-60)61-16-8-3-9-17-61)44-67(71)68-45-65(39-41-72(68)82)81(62-18-10-4-11-19-62)63-20-12-5-13-21-63/h2-46H,1H3. The Morgan fingerprint density at radius 2 is 0.720 bits per heavy atom. The summed E-state index contributed by atoms with van der Waals surface area (Å²) < 4.78 is 2.32. The second-order valence-electron chi connectivity index (χ2n) is 20.0. The van der Waals surface area contributed by atoms with Gasteiger partial charge in [-0.25, -0.2) is 9.97 Å².